The lowest BCUT2D eigenvalue weighted by molar-refractivity contribution is 0.387. The van der Waals surface area contributed by atoms with Gasteiger partial charge in [-0.1, -0.05) is 0 Å². The van der Waals surface area contributed by atoms with Crippen LogP contribution in [0.1, 0.15) is 13.8 Å². The number of hydrogen-bond donors (Lipinski definition) is 0. The third kappa shape index (κ3) is 1.90. The average molecular weight is 200 g/mol. The Morgan fingerprint density at radius 1 is 1.54 bits per heavy atom. The fourth-order valence-corrected chi connectivity index (χ4v) is 2.35. The monoisotopic (exact) mass is 200 g/mol. The van der Waals surface area contributed by atoms with E-state index in [9.17, 15) is 8.42 Å². The molecule has 0 radical (unpaired) electrons. The summed E-state index contributed by atoms with van der Waals surface area (Å²) in [6.07, 6.45) is 1.40. The van der Waals surface area contributed by atoms with Gasteiger partial charge in [-0.05, 0) is 19.4 Å². The first-order valence-electron chi connectivity index (χ1n) is 4.02. The number of nitrogens with zero attached hydrogens (tertiary/aromatic N) is 2. The van der Waals surface area contributed by atoms with Gasteiger partial charge in [0.2, 0.25) is 10.0 Å². The Labute approximate surface area is 78.7 Å². The highest BCUT2D eigenvalue weighted by atomic mass is 32.2. The molecule has 1 rings (SSSR count). The molecule has 0 bridgehead atoms. The SMILES string of the molecule is [C-]#[N+]C=C1CN(S(=O)(=O)C(C)C)C1. The van der Waals surface area contributed by atoms with Crippen LogP contribution in [0, 0.1) is 6.57 Å². The maximum atomic E-state index is 11.5. The van der Waals surface area contributed by atoms with Crippen LogP contribution in [0.3, 0.4) is 0 Å². The van der Waals surface area contributed by atoms with Gasteiger partial charge in [0.1, 0.15) is 0 Å². The molecule has 0 spiro atoms. The van der Waals surface area contributed by atoms with Crippen molar-refractivity contribution < 1.29 is 8.42 Å². The maximum absolute atomic E-state index is 11.5. The quantitative estimate of drug-likeness (QED) is 0.620. The molecule has 1 fully saturated rings. The highest BCUT2D eigenvalue weighted by molar-refractivity contribution is 7.89. The summed E-state index contributed by atoms with van der Waals surface area (Å²) in [5.41, 5.74) is 0.888. The zero-order valence-corrected chi connectivity index (χ0v) is 8.50. The van der Waals surface area contributed by atoms with Crippen LogP contribution < -0.4 is 0 Å². The summed E-state index contributed by atoms with van der Waals surface area (Å²) >= 11 is 0. The molecule has 0 saturated carbocycles. The molecular weight excluding hydrogens is 188 g/mol. The third-order valence-electron chi connectivity index (χ3n) is 1.96. The molecule has 0 N–H and O–H groups in total. The molecule has 1 aliphatic rings. The van der Waals surface area contributed by atoms with Crippen LogP contribution >= 0.6 is 0 Å². The van der Waals surface area contributed by atoms with Gasteiger partial charge in [0.25, 0.3) is 0 Å². The van der Waals surface area contributed by atoms with Gasteiger partial charge in [-0.2, -0.15) is 4.31 Å². The van der Waals surface area contributed by atoms with Gasteiger partial charge < -0.3 is 0 Å². The molecular formula is C8H12N2O2S. The molecule has 5 heteroatoms. The molecule has 0 atom stereocenters. The minimum absolute atomic E-state index is 0.373. The van der Waals surface area contributed by atoms with E-state index in [0.29, 0.717) is 13.1 Å². The van der Waals surface area contributed by atoms with E-state index in [1.807, 2.05) is 0 Å². The van der Waals surface area contributed by atoms with E-state index in [1.165, 1.54) is 10.5 Å². The van der Waals surface area contributed by atoms with E-state index < -0.39 is 10.0 Å². The Bertz CT molecular complexity index is 354. The molecule has 4 nitrogen and oxygen atoms in total. The van der Waals surface area contributed by atoms with Gasteiger partial charge in [0.05, 0.1) is 11.8 Å². The molecule has 0 unspecified atom stereocenters. The van der Waals surface area contributed by atoms with Crippen molar-refractivity contribution >= 4 is 10.0 Å². The summed E-state index contributed by atoms with van der Waals surface area (Å²) in [5, 5.41) is -0.373. The fourth-order valence-electron chi connectivity index (χ4n) is 1.06. The molecule has 0 aromatic heterocycles. The second-order valence-corrected chi connectivity index (χ2v) is 5.77. The minimum atomic E-state index is -3.10. The van der Waals surface area contributed by atoms with Gasteiger partial charge in [0.15, 0.2) is 6.20 Å². The minimum Gasteiger partial charge on any atom is -0.246 e. The Morgan fingerprint density at radius 3 is 2.46 bits per heavy atom. The summed E-state index contributed by atoms with van der Waals surface area (Å²) in [6, 6.07) is 0. The van der Waals surface area contributed by atoms with Crippen LogP contribution in [0.4, 0.5) is 0 Å². The topological polar surface area (TPSA) is 41.7 Å². The zero-order chi connectivity index (χ0) is 10.1. The Kier molecular flexibility index (Phi) is 2.74. The van der Waals surface area contributed by atoms with Crippen molar-refractivity contribution in [2.45, 2.75) is 19.1 Å². The van der Waals surface area contributed by atoms with Crippen molar-refractivity contribution in [1.29, 1.82) is 0 Å². The van der Waals surface area contributed by atoms with Crippen LogP contribution in [0.15, 0.2) is 11.8 Å². The van der Waals surface area contributed by atoms with Crippen LogP contribution in [0.5, 0.6) is 0 Å². The van der Waals surface area contributed by atoms with E-state index in [2.05, 4.69) is 4.85 Å². The Morgan fingerprint density at radius 2 is 2.08 bits per heavy atom. The highest BCUT2D eigenvalue weighted by Gasteiger charge is 2.32. The molecule has 1 aliphatic heterocycles. The number of rotatable bonds is 2. The predicted molar refractivity (Wildman–Crippen MR) is 50.3 cm³/mol. The first kappa shape index (κ1) is 10.2. The van der Waals surface area contributed by atoms with Gasteiger partial charge in [-0.3, -0.25) is 0 Å². The Hall–Kier alpha value is -0.860. The van der Waals surface area contributed by atoms with Crippen LogP contribution in [0.25, 0.3) is 4.85 Å². The van der Waals surface area contributed by atoms with Crippen LogP contribution in [-0.2, 0) is 10.0 Å². The first-order valence-corrected chi connectivity index (χ1v) is 5.52. The van der Waals surface area contributed by atoms with E-state index in [1.54, 1.807) is 13.8 Å². The van der Waals surface area contributed by atoms with Gasteiger partial charge in [-0.15, -0.1) is 0 Å². The average Bonchev–Trinajstić information content (AvgIpc) is 1.95. The third-order valence-corrected chi connectivity index (χ3v) is 4.13. The highest BCUT2D eigenvalue weighted by Crippen LogP contribution is 2.21. The van der Waals surface area contributed by atoms with Gasteiger partial charge >= 0.3 is 0 Å². The summed E-state index contributed by atoms with van der Waals surface area (Å²) in [5.74, 6) is 0. The van der Waals surface area contributed by atoms with Crippen molar-refractivity contribution in [1.82, 2.24) is 4.31 Å². The Balaban J connectivity index is 2.64. The molecule has 1 heterocycles. The van der Waals surface area contributed by atoms with E-state index in [4.69, 9.17) is 6.57 Å². The summed E-state index contributed by atoms with van der Waals surface area (Å²) in [6.45, 7) is 10.7. The summed E-state index contributed by atoms with van der Waals surface area (Å²) < 4.78 is 24.4. The second-order valence-electron chi connectivity index (χ2n) is 3.28. The number of sulfonamides is 1. The molecule has 13 heavy (non-hydrogen) atoms. The molecule has 0 aliphatic carbocycles. The van der Waals surface area contributed by atoms with Crippen molar-refractivity contribution in [2.24, 2.45) is 0 Å². The standard InChI is InChI=1S/C8H12N2O2S/c1-7(2)13(11,12)10-5-8(6-10)4-9-3/h4,7H,5-6H2,1-2H3. The molecule has 0 aromatic rings. The second kappa shape index (κ2) is 3.48. The molecule has 1 saturated heterocycles. The largest absolute Gasteiger partial charge is 0.246 e. The molecule has 0 amide bonds. The zero-order valence-electron chi connectivity index (χ0n) is 7.69. The lowest BCUT2D eigenvalue weighted by Crippen LogP contribution is -2.47. The summed E-state index contributed by atoms with van der Waals surface area (Å²) in [7, 11) is -3.10. The smallest absolute Gasteiger partial charge is 0.216 e. The summed E-state index contributed by atoms with van der Waals surface area (Å²) in [4.78, 5) is 3.09. The van der Waals surface area contributed by atoms with Crippen molar-refractivity contribution in [3.63, 3.8) is 0 Å². The van der Waals surface area contributed by atoms with Crippen molar-refractivity contribution in [3.8, 4) is 0 Å². The first-order chi connectivity index (χ1) is 5.98. The van der Waals surface area contributed by atoms with Crippen LogP contribution in [0.2, 0.25) is 0 Å². The van der Waals surface area contributed by atoms with Gasteiger partial charge in [0, 0.05) is 13.1 Å². The van der Waals surface area contributed by atoms with Crippen molar-refractivity contribution in [2.75, 3.05) is 13.1 Å². The normalized spacial score (nSPS) is 18.2. The van der Waals surface area contributed by atoms with Crippen LogP contribution in [-0.4, -0.2) is 31.1 Å². The van der Waals surface area contributed by atoms with E-state index >= 15 is 0 Å². The fraction of sp³-hybridized carbons (Fsp3) is 0.625. The molecule has 0 aromatic carbocycles. The number of hydrogen-bond acceptors (Lipinski definition) is 2. The maximum Gasteiger partial charge on any atom is 0.216 e. The van der Waals surface area contributed by atoms with Gasteiger partial charge in [-0.25, -0.2) is 13.3 Å². The molecule has 72 valence electrons. The van der Waals surface area contributed by atoms with Crippen molar-refractivity contribution in [3.05, 3.63) is 23.2 Å². The predicted octanol–water partition coefficient (Wildman–Crippen LogP) is 0.843. The lowest BCUT2D eigenvalue weighted by Gasteiger charge is -2.34. The lowest BCUT2D eigenvalue weighted by atomic mass is 10.2. The van der Waals surface area contributed by atoms with E-state index in [0.717, 1.165) is 5.57 Å². The van der Waals surface area contributed by atoms with E-state index in [-0.39, 0.29) is 5.25 Å².